The van der Waals surface area contributed by atoms with Gasteiger partial charge in [-0.1, -0.05) is 0 Å². The van der Waals surface area contributed by atoms with E-state index in [1.165, 1.54) is 0 Å². The second-order valence-corrected chi connectivity index (χ2v) is 7.49. The van der Waals surface area contributed by atoms with E-state index in [-0.39, 0.29) is 18.5 Å². The van der Waals surface area contributed by atoms with Crippen LogP contribution in [-0.2, 0) is 23.8 Å². The molecule has 0 radical (unpaired) electrons. The van der Waals surface area contributed by atoms with Crippen LogP contribution in [0.4, 0.5) is 4.79 Å². The average molecular weight is 386 g/mol. The van der Waals surface area contributed by atoms with E-state index in [2.05, 4.69) is 0 Å². The highest BCUT2D eigenvalue weighted by atomic mass is 16.6. The minimum absolute atomic E-state index is 0.200. The Morgan fingerprint density at radius 3 is 2.26 bits per heavy atom. The predicted octanol–water partition coefficient (Wildman–Crippen LogP) is 2.20. The number of ether oxygens (including phenoxy) is 3. The van der Waals surface area contributed by atoms with Crippen molar-refractivity contribution >= 4 is 18.0 Å². The average Bonchev–Trinajstić information content (AvgIpc) is 2.57. The Hall–Kier alpha value is -1.83. The molecule has 1 atom stereocenters. The van der Waals surface area contributed by atoms with Crippen LogP contribution in [0.2, 0.25) is 0 Å². The fourth-order valence-electron chi connectivity index (χ4n) is 2.86. The van der Waals surface area contributed by atoms with Gasteiger partial charge < -0.3 is 19.1 Å². The molecule has 0 bridgehead atoms. The molecule has 0 aromatic carbocycles. The van der Waals surface area contributed by atoms with Crippen LogP contribution in [0, 0.1) is 0 Å². The number of hydrogen-bond acceptors (Lipinski definition) is 7. The van der Waals surface area contributed by atoms with Gasteiger partial charge in [-0.15, -0.1) is 0 Å². The van der Waals surface area contributed by atoms with Gasteiger partial charge in [0.15, 0.2) is 0 Å². The zero-order valence-electron chi connectivity index (χ0n) is 17.3. The van der Waals surface area contributed by atoms with Crippen LogP contribution in [0.5, 0.6) is 0 Å². The molecule has 1 amide bonds. The maximum absolute atomic E-state index is 12.4. The lowest BCUT2D eigenvalue weighted by Crippen LogP contribution is -2.58. The summed E-state index contributed by atoms with van der Waals surface area (Å²) < 4.78 is 15.5. The molecular formula is C19H34N2O6. The van der Waals surface area contributed by atoms with E-state index >= 15 is 0 Å². The van der Waals surface area contributed by atoms with E-state index in [9.17, 15) is 14.4 Å². The Kier molecular flexibility index (Phi) is 9.55. The molecule has 1 fully saturated rings. The first-order valence-corrected chi connectivity index (χ1v) is 9.72. The molecule has 1 aliphatic rings. The molecule has 8 nitrogen and oxygen atoms in total. The van der Waals surface area contributed by atoms with Gasteiger partial charge in [0.05, 0.1) is 19.8 Å². The Labute approximate surface area is 162 Å². The van der Waals surface area contributed by atoms with Crippen LogP contribution in [0.25, 0.3) is 0 Å². The fraction of sp³-hybridized carbons (Fsp3) is 0.842. The van der Waals surface area contributed by atoms with Crippen LogP contribution in [0.1, 0.15) is 53.9 Å². The zero-order valence-corrected chi connectivity index (χ0v) is 17.3. The lowest BCUT2D eigenvalue weighted by atomic mass is 10.1. The third kappa shape index (κ3) is 8.60. The van der Waals surface area contributed by atoms with Gasteiger partial charge in [0.1, 0.15) is 11.6 Å². The number of carbonyl (C=O) groups excluding carboxylic acids is 3. The quantitative estimate of drug-likeness (QED) is 0.359. The summed E-state index contributed by atoms with van der Waals surface area (Å²) in [6, 6.07) is -0.520. The van der Waals surface area contributed by atoms with Crippen molar-refractivity contribution < 1.29 is 28.6 Å². The van der Waals surface area contributed by atoms with Gasteiger partial charge in [-0.05, 0) is 54.0 Å². The molecule has 1 rings (SSSR count). The number of nitrogens with zero attached hydrogens (tertiary/aromatic N) is 2. The van der Waals surface area contributed by atoms with Gasteiger partial charge in [0.2, 0.25) is 0 Å². The molecule has 1 saturated heterocycles. The molecule has 1 heterocycles. The maximum Gasteiger partial charge on any atom is 0.410 e. The van der Waals surface area contributed by atoms with E-state index in [0.29, 0.717) is 45.7 Å². The molecule has 1 aliphatic heterocycles. The Balaban J connectivity index is 2.61. The standard InChI is InChI=1S/C19H34N2O6/c1-6-25-16(22)10-8-9-11-20-12-13-21(18(24)27-19(3,4)5)14-15(20)17(23)26-7-2/h15H,6-14H2,1-5H3. The van der Waals surface area contributed by atoms with E-state index in [1.807, 2.05) is 25.7 Å². The van der Waals surface area contributed by atoms with Crippen molar-refractivity contribution in [3.63, 3.8) is 0 Å². The van der Waals surface area contributed by atoms with Crippen molar-refractivity contribution in [3.8, 4) is 0 Å². The summed E-state index contributed by atoms with van der Waals surface area (Å²) in [7, 11) is 0. The third-order valence-corrected chi connectivity index (χ3v) is 4.08. The molecule has 1 unspecified atom stereocenters. The van der Waals surface area contributed by atoms with E-state index < -0.39 is 17.7 Å². The van der Waals surface area contributed by atoms with Gasteiger partial charge in [-0.25, -0.2) is 4.79 Å². The molecule has 0 aliphatic carbocycles. The minimum Gasteiger partial charge on any atom is -0.466 e. The van der Waals surface area contributed by atoms with Gasteiger partial charge in [-0.2, -0.15) is 0 Å². The van der Waals surface area contributed by atoms with E-state index in [0.717, 1.165) is 6.42 Å². The highest BCUT2D eigenvalue weighted by Crippen LogP contribution is 2.17. The topological polar surface area (TPSA) is 85.4 Å². The van der Waals surface area contributed by atoms with Gasteiger partial charge in [0, 0.05) is 19.5 Å². The summed E-state index contributed by atoms with van der Waals surface area (Å²) in [5.74, 6) is -0.537. The predicted molar refractivity (Wildman–Crippen MR) is 100 cm³/mol. The largest absolute Gasteiger partial charge is 0.466 e. The second-order valence-electron chi connectivity index (χ2n) is 7.49. The summed E-state index contributed by atoms with van der Waals surface area (Å²) in [6.07, 6.45) is 1.41. The van der Waals surface area contributed by atoms with Crippen molar-refractivity contribution in [1.29, 1.82) is 0 Å². The Bertz CT molecular complexity index is 503. The minimum atomic E-state index is -0.583. The normalized spacial score (nSPS) is 18.1. The highest BCUT2D eigenvalue weighted by Gasteiger charge is 2.36. The summed E-state index contributed by atoms with van der Waals surface area (Å²) in [6.45, 7) is 11.6. The summed E-state index contributed by atoms with van der Waals surface area (Å²) in [5.41, 5.74) is -0.583. The smallest absolute Gasteiger partial charge is 0.410 e. The van der Waals surface area contributed by atoms with Crippen molar-refractivity contribution in [1.82, 2.24) is 9.80 Å². The SMILES string of the molecule is CCOC(=O)CCCCN1CCN(C(=O)OC(C)(C)C)CC1C(=O)OCC. The number of carbonyl (C=O) groups is 3. The number of hydrogen-bond donors (Lipinski definition) is 0. The van der Waals surface area contributed by atoms with Crippen molar-refractivity contribution in [2.75, 3.05) is 39.4 Å². The van der Waals surface area contributed by atoms with Crippen LogP contribution in [0.3, 0.4) is 0 Å². The second kappa shape index (κ2) is 11.1. The maximum atomic E-state index is 12.4. The van der Waals surface area contributed by atoms with Crippen molar-refractivity contribution in [3.05, 3.63) is 0 Å². The summed E-state index contributed by atoms with van der Waals surface area (Å²) in [5, 5.41) is 0. The molecule has 156 valence electrons. The number of esters is 2. The first kappa shape index (κ1) is 23.2. The fourth-order valence-corrected chi connectivity index (χ4v) is 2.86. The van der Waals surface area contributed by atoms with Crippen LogP contribution in [-0.4, -0.2) is 78.9 Å². The number of piperazine rings is 1. The zero-order chi connectivity index (χ0) is 20.4. The van der Waals surface area contributed by atoms with Crippen LogP contribution in [0.15, 0.2) is 0 Å². The van der Waals surface area contributed by atoms with Gasteiger partial charge >= 0.3 is 18.0 Å². The Morgan fingerprint density at radius 2 is 1.67 bits per heavy atom. The van der Waals surface area contributed by atoms with Crippen molar-refractivity contribution in [2.24, 2.45) is 0 Å². The van der Waals surface area contributed by atoms with Crippen LogP contribution >= 0.6 is 0 Å². The third-order valence-electron chi connectivity index (χ3n) is 4.08. The first-order chi connectivity index (χ1) is 12.7. The lowest BCUT2D eigenvalue weighted by molar-refractivity contribution is -0.152. The highest BCUT2D eigenvalue weighted by molar-refractivity contribution is 5.78. The Morgan fingerprint density at radius 1 is 1.00 bits per heavy atom. The summed E-state index contributed by atoms with van der Waals surface area (Å²) >= 11 is 0. The van der Waals surface area contributed by atoms with E-state index in [4.69, 9.17) is 14.2 Å². The number of amides is 1. The van der Waals surface area contributed by atoms with Crippen LogP contribution < -0.4 is 0 Å². The molecule has 0 saturated carbocycles. The lowest BCUT2D eigenvalue weighted by Gasteiger charge is -2.40. The molecular weight excluding hydrogens is 352 g/mol. The number of rotatable bonds is 8. The van der Waals surface area contributed by atoms with E-state index in [1.54, 1.807) is 18.7 Å². The monoisotopic (exact) mass is 386 g/mol. The number of unbranched alkanes of at least 4 members (excludes halogenated alkanes) is 1. The molecule has 8 heteroatoms. The first-order valence-electron chi connectivity index (χ1n) is 9.72. The summed E-state index contributed by atoms with van der Waals surface area (Å²) in [4.78, 5) is 39.7. The molecule has 0 spiro atoms. The molecule has 27 heavy (non-hydrogen) atoms. The molecule has 0 N–H and O–H groups in total. The molecule has 0 aromatic heterocycles. The van der Waals surface area contributed by atoms with Crippen molar-refractivity contribution in [2.45, 2.75) is 65.5 Å². The molecule has 0 aromatic rings. The van der Waals surface area contributed by atoms with Gasteiger partial charge in [0.25, 0.3) is 0 Å². The van der Waals surface area contributed by atoms with Gasteiger partial charge in [-0.3, -0.25) is 14.5 Å².